The molecule has 0 amide bonds. The van der Waals surface area contributed by atoms with Crippen LogP contribution in [0.4, 0.5) is 4.39 Å². The van der Waals surface area contributed by atoms with Crippen LogP contribution in [0.15, 0.2) is 91.0 Å². The standard InChI is InChI=1S/C31H29FN2/c1-20(2)26-11-8-12-27(21(3)4)30(26)34-29-18-15-24(22-13-16-25(32)17-14-22)19-28(29)33-31(34)23-9-6-5-7-10-23/h5-21H,1-4H3. The first-order valence-corrected chi connectivity index (χ1v) is 11.9. The van der Waals surface area contributed by atoms with Gasteiger partial charge in [-0.3, -0.25) is 4.57 Å². The van der Waals surface area contributed by atoms with Crippen LogP contribution in [0.2, 0.25) is 0 Å². The summed E-state index contributed by atoms with van der Waals surface area (Å²) in [6.07, 6.45) is 0. The molecule has 0 unspecified atom stereocenters. The van der Waals surface area contributed by atoms with Gasteiger partial charge in [-0.25, -0.2) is 9.37 Å². The Labute approximate surface area is 200 Å². The van der Waals surface area contributed by atoms with Gasteiger partial charge in [-0.1, -0.05) is 94.4 Å². The van der Waals surface area contributed by atoms with Crippen LogP contribution >= 0.6 is 0 Å². The second-order valence-corrected chi connectivity index (χ2v) is 9.44. The Hall–Kier alpha value is -3.72. The molecular formula is C31H29FN2. The first-order valence-electron chi connectivity index (χ1n) is 11.9. The molecule has 0 aliphatic rings. The Morgan fingerprint density at radius 2 is 1.26 bits per heavy atom. The van der Waals surface area contributed by atoms with Gasteiger partial charge in [0.2, 0.25) is 0 Å². The minimum absolute atomic E-state index is 0.230. The first kappa shape index (κ1) is 22.1. The number of fused-ring (bicyclic) bond motifs is 1. The lowest BCUT2D eigenvalue weighted by Crippen LogP contribution is -2.08. The number of imidazole rings is 1. The lowest BCUT2D eigenvalue weighted by molar-refractivity contribution is 0.628. The van der Waals surface area contributed by atoms with E-state index in [2.05, 4.69) is 92.9 Å². The van der Waals surface area contributed by atoms with Crippen molar-refractivity contribution in [2.75, 3.05) is 0 Å². The van der Waals surface area contributed by atoms with Crippen LogP contribution in [0, 0.1) is 5.82 Å². The van der Waals surface area contributed by atoms with Crippen LogP contribution in [0.3, 0.4) is 0 Å². The SMILES string of the molecule is CC(C)c1cccc(C(C)C)c1-n1c(-c2ccccc2)nc2cc(-c3ccc(F)cc3)ccc21. The summed E-state index contributed by atoms with van der Waals surface area (Å²) in [5, 5.41) is 0. The number of hydrogen-bond acceptors (Lipinski definition) is 1. The maximum Gasteiger partial charge on any atom is 0.145 e. The number of benzene rings is 4. The molecule has 0 radical (unpaired) electrons. The predicted molar refractivity (Wildman–Crippen MR) is 140 cm³/mol. The summed E-state index contributed by atoms with van der Waals surface area (Å²) in [6, 6.07) is 30.0. The Balaban J connectivity index is 1.83. The number of para-hydroxylation sites is 1. The third-order valence-electron chi connectivity index (χ3n) is 6.43. The van der Waals surface area contributed by atoms with Crippen molar-refractivity contribution >= 4 is 11.0 Å². The predicted octanol–water partition coefficient (Wildman–Crippen LogP) is 8.75. The van der Waals surface area contributed by atoms with Gasteiger partial charge < -0.3 is 0 Å². The highest BCUT2D eigenvalue weighted by molar-refractivity contribution is 5.88. The minimum Gasteiger partial charge on any atom is -0.292 e. The molecule has 1 aromatic heterocycles. The van der Waals surface area contributed by atoms with Crippen molar-refractivity contribution < 1.29 is 4.39 Å². The van der Waals surface area contributed by atoms with Gasteiger partial charge in [0.15, 0.2) is 0 Å². The van der Waals surface area contributed by atoms with Crippen LogP contribution in [0.25, 0.3) is 39.2 Å². The molecule has 170 valence electrons. The van der Waals surface area contributed by atoms with Gasteiger partial charge in [0.1, 0.15) is 11.6 Å². The molecule has 2 nitrogen and oxygen atoms in total. The molecule has 0 spiro atoms. The highest BCUT2D eigenvalue weighted by Crippen LogP contribution is 2.38. The summed E-state index contributed by atoms with van der Waals surface area (Å²) in [4.78, 5) is 5.15. The molecule has 4 aromatic carbocycles. The fourth-order valence-electron chi connectivity index (χ4n) is 4.68. The molecule has 0 atom stereocenters. The summed E-state index contributed by atoms with van der Waals surface area (Å²) < 4.78 is 15.8. The minimum atomic E-state index is -0.230. The average Bonchev–Trinajstić information content (AvgIpc) is 3.23. The van der Waals surface area contributed by atoms with E-state index in [1.165, 1.54) is 28.9 Å². The highest BCUT2D eigenvalue weighted by atomic mass is 19.1. The van der Waals surface area contributed by atoms with E-state index in [0.717, 1.165) is 33.5 Å². The second-order valence-electron chi connectivity index (χ2n) is 9.44. The summed E-state index contributed by atoms with van der Waals surface area (Å²) in [6.45, 7) is 8.99. The van der Waals surface area contributed by atoms with Gasteiger partial charge in [-0.05, 0) is 58.4 Å². The zero-order chi connectivity index (χ0) is 23.8. The lowest BCUT2D eigenvalue weighted by atomic mass is 9.92. The maximum absolute atomic E-state index is 13.5. The molecule has 0 aliphatic carbocycles. The van der Waals surface area contributed by atoms with Crippen LogP contribution in [0.1, 0.15) is 50.7 Å². The topological polar surface area (TPSA) is 17.8 Å². The van der Waals surface area contributed by atoms with Gasteiger partial charge >= 0.3 is 0 Å². The Bertz CT molecular complexity index is 1420. The maximum atomic E-state index is 13.5. The van der Waals surface area contributed by atoms with E-state index in [4.69, 9.17) is 4.98 Å². The van der Waals surface area contributed by atoms with E-state index in [1.54, 1.807) is 0 Å². The van der Waals surface area contributed by atoms with Gasteiger partial charge in [-0.2, -0.15) is 0 Å². The van der Waals surface area contributed by atoms with Gasteiger partial charge in [0, 0.05) is 5.56 Å². The van der Waals surface area contributed by atoms with Crippen molar-refractivity contribution in [3.63, 3.8) is 0 Å². The average molecular weight is 449 g/mol. The molecule has 34 heavy (non-hydrogen) atoms. The normalized spacial score (nSPS) is 11.6. The molecular weight excluding hydrogens is 419 g/mol. The Morgan fingerprint density at radius 1 is 0.647 bits per heavy atom. The van der Waals surface area contributed by atoms with Crippen molar-refractivity contribution in [1.82, 2.24) is 9.55 Å². The van der Waals surface area contributed by atoms with Gasteiger partial charge in [-0.15, -0.1) is 0 Å². The van der Waals surface area contributed by atoms with Gasteiger partial charge in [0.25, 0.3) is 0 Å². The summed E-state index contributed by atoms with van der Waals surface area (Å²) in [7, 11) is 0. The van der Waals surface area contributed by atoms with E-state index in [0.29, 0.717) is 11.8 Å². The van der Waals surface area contributed by atoms with E-state index in [9.17, 15) is 4.39 Å². The smallest absolute Gasteiger partial charge is 0.145 e. The monoisotopic (exact) mass is 448 g/mol. The van der Waals surface area contributed by atoms with Crippen LogP contribution < -0.4 is 0 Å². The zero-order valence-electron chi connectivity index (χ0n) is 20.1. The Morgan fingerprint density at radius 3 is 1.88 bits per heavy atom. The summed E-state index contributed by atoms with van der Waals surface area (Å²) in [5.74, 6) is 1.44. The molecule has 0 N–H and O–H groups in total. The van der Waals surface area contributed by atoms with Crippen molar-refractivity contribution in [2.45, 2.75) is 39.5 Å². The lowest BCUT2D eigenvalue weighted by Gasteiger charge is -2.22. The number of nitrogens with zero attached hydrogens (tertiary/aromatic N) is 2. The fraction of sp³-hybridized carbons (Fsp3) is 0.194. The third-order valence-corrected chi connectivity index (χ3v) is 6.43. The molecule has 0 fully saturated rings. The molecule has 1 heterocycles. The molecule has 3 heteroatoms. The number of hydrogen-bond donors (Lipinski definition) is 0. The van der Waals surface area contributed by atoms with E-state index < -0.39 is 0 Å². The number of rotatable bonds is 5. The van der Waals surface area contributed by atoms with Crippen LogP contribution in [0.5, 0.6) is 0 Å². The van der Waals surface area contributed by atoms with Crippen LogP contribution in [-0.2, 0) is 0 Å². The van der Waals surface area contributed by atoms with Crippen LogP contribution in [-0.4, -0.2) is 9.55 Å². The molecule has 5 aromatic rings. The van der Waals surface area contributed by atoms with Crippen molar-refractivity contribution in [2.24, 2.45) is 0 Å². The van der Waals surface area contributed by atoms with Crippen molar-refractivity contribution in [3.8, 4) is 28.2 Å². The second kappa shape index (κ2) is 8.90. The molecule has 0 bridgehead atoms. The quantitative estimate of drug-likeness (QED) is 0.263. The summed E-state index contributed by atoms with van der Waals surface area (Å²) in [5.41, 5.74) is 8.92. The van der Waals surface area contributed by atoms with Gasteiger partial charge in [0.05, 0.1) is 16.7 Å². The third kappa shape index (κ3) is 3.92. The largest absolute Gasteiger partial charge is 0.292 e. The molecule has 0 aliphatic heterocycles. The van der Waals surface area contributed by atoms with Crippen molar-refractivity contribution in [3.05, 3.63) is 108 Å². The van der Waals surface area contributed by atoms with Crippen molar-refractivity contribution in [1.29, 1.82) is 0 Å². The zero-order valence-corrected chi connectivity index (χ0v) is 20.1. The van der Waals surface area contributed by atoms with E-state index in [1.807, 2.05) is 18.2 Å². The van der Waals surface area contributed by atoms with E-state index in [-0.39, 0.29) is 5.82 Å². The molecule has 0 saturated carbocycles. The fourth-order valence-corrected chi connectivity index (χ4v) is 4.68. The number of aromatic nitrogens is 2. The highest BCUT2D eigenvalue weighted by Gasteiger charge is 2.22. The Kier molecular flexibility index (Phi) is 5.79. The molecule has 5 rings (SSSR count). The molecule has 0 saturated heterocycles. The first-order chi connectivity index (χ1) is 16.4. The number of halogens is 1. The summed E-state index contributed by atoms with van der Waals surface area (Å²) >= 11 is 0. The van der Waals surface area contributed by atoms with E-state index >= 15 is 0 Å².